The van der Waals surface area contributed by atoms with Gasteiger partial charge in [0, 0.05) is 29.5 Å². The number of fused-ring (bicyclic) bond motifs is 1. The Morgan fingerprint density at radius 3 is 2.72 bits per heavy atom. The number of aromatic nitrogens is 1. The minimum absolute atomic E-state index is 0.165. The zero-order valence-corrected chi connectivity index (χ0v) is 14.3. The molecule has 25 heavy (non-hydrogen) atoms. The molecule has 4 rings (SSSR count). The van der Waals surface area contributed by atoms with E-state index in [1.54, 1.807) is 13.0 Å². The van der Waals surface area contributed by atoms with Crippen molar-refractivity contribution in [3.8, 4) is 11.1 Å². The van der Waals surface area contributed by atoms with Crippen LogP contribution in [-0.2, 0) is 0 Å². The minimum atomic E-state index is -0.165. The Hall–Kier alpha value is -2.46. The molecule has 0 amide bonds. The number of rotatable bonds is 3. The average Bonchev–Trinajstić information content (AvgIpc) is 2.65. The summed E-state index contributed by atoms with van der Waals surface area (Å²) in [6.07, 6.45) is 5.96. The Bertz CT molecular complexity index is 901. The third kappa shape index (κ3) is 3.35. The topological polar surface area (TPSA) is 37.0 Å². The maximum Gasteiger partial charge on any atom is 0.126 e. The second-order valence-corrected chi connectivity index (χ2v) is 6.75. The van der Waals surface area contributed by atoms with Crippen molar-refractivity contribution in [1.82, 2.24) is 10.3 Å². The molecule has 4 heteroatoms. The molecule has 1 aliphatic heterocycles. The monoisotopic (exact) mass is 335 g/mol. The molecule has 0 radical (unpaired) electrons. The number of benzene rings is 2. The second-order valence-electron chi connectivity index (χ2n) is 6.75. The van der Waals surface area contributed by atoms with Gasteiger partial charge in [0.05, 0.1) is 0 Å². The van der Waals surface area contributed by atoms with Crippen LogP contribution in [0, 0.1) is 12.7 Å². The molecule has 2 N–H and O–H groups in total. The average molecular weight is 335 g/mol. The predicted molar refractivity (Wildman–Crippen MR) is 101 cm³/mol. The van der Waals surface area contributed by atoms with Crippen molar-refractivity contribution in [3.05, 3.63) is 60.2 Å². The summed E-state index contributed by atoms with van der Waals surface area (Å²) in [6.45, 7) is 3.90. The minimum Gasteiger partial charge on any atom is -0.382 e. The normalized spacial score (nSPS) is 15.4. The molecule has 2 heterocycles. The highest BCUT2D eigenvalue weighted by Gasteiger charge is 2.15. The van der Waals surface area contributed by atoms with E-state index in [0.29, 0.717) is 11.6 Å². The fraction of sp³-hybridized carbons (Fsp3) is 0.286. The largest absolute Gasteiger partial charge is 0.382 e. The van der Waals surface area contributed by atoms with Crippen molar-refractivity contribution in [1.29, 1.82) is 0 Å². The number of nitrogens with one attached hydrogen (secondary N) is 2. The van der Waals surface area contributed by atoms with E-state index in [1.165, 1.54) is 0 Å². The number of piperidine rings is 1. The lowest BCUT2D eigenvalue weighted by molar-refractivity contribution is 0.479. The second kappa shape index (κ2) is 6.81. The highest BCUT2D eigenvalue weighted by Crippen LogP contribution is 2.32. The van der Waals surface area contributed by atoms with Crippen LogP contribution in [0.1, 0.15) is 18.4 Å². The number of nitrogens with zero attached hydrogens (tertiary/aromatic N) is 1. The van der Waals surface area contributed by atoms with Crippen LogP contribution in [-0.4, -0.2) is 24.1 Å². The van der Waals surface area contributed by atoms with E-state index in [2.05, 4.69) is 27.8 Å². The molecule has 1 aliphatic rings. The lowest BCUT2D eigenvalue weighted by Crippen LogP contribution is -2.35. The van der Waals surface area contributed by atoms with Gasteiger partial charge in [-0.1, -0.05) is 6.07 Å². The Morgan fingerprint density at radius 2 is 1.92 bits per heavy atom. The van der Waals surface area contributed by atoms with Crippen molar-refractivity contribution in [2.45, 2.75) is 25.8 Å². The van der Waals surface area contributed by atoms with Gasteiger partial charge in [-0.25, -0.2) is 4.39 Å². The number of hydrogen-bond acceptors (Lipinski definition) is 3. The number of anilines is 1. The third-order valence-corrected chi connectivity index (χ3v) is 4.95. The van der Waals surface area contributed by atoms with Crippen LogP contribution < -0.4 is 10.6 Å². The number of halogens is 1. The number of hydrogen-bond donors (Lipinski definition) is 2. The molecular weight excluding hydrogens is 313 g/mol. The first-order valence-corrected chi connectivity index (χ1v) is 8.82. The molecule has 0 unspecified atom stereocenters. The Balaban J connectivity index is 1.78. The smallest absolute Gasteiger partial charge is 0.126 e. The maximum absolute atomic E-state index is 13.6. The predicted octanol–water partition coefficient (Wildman–Crippen LogP) is 4.51. The van der Waals surface area contributed by atoms with Crippen molar-refractivity contribution in [3.63, 3.8) is 0 Å². The highest BCUT2D eigenvalue weighted by atomic mass is 19.1. The fourth-order valence-corrected chi connectivity index (χ4v) is 3.50. The van der Waals surface area contributed by atoms with E-state index >= 15 is 0 Å². The number of aryl methyl sites for hydroxylation is 1. The molecule has 0 spiro atoms. The van der Waals surface area contributed by atoms with Gasteiger partial charge in [-0.05, 0) is 85.3 Å². The van der Waals surface area contributed by atoms with E-state index in [0.717, 1.165) is 53.5 Å². The molecule has 3 aromatic rings. The van der Waals surface area contributed by atoms with Crippen molar-refractivity contribution in [2.24, 2.45) is 0 Å². The fourth-order valence-electron chi connectivity index (χ4n) is 3.50. The first-order valence-electron chi connectivity index (χ1n) is 8.82. The quantitative estimate of drug-likeness (QED) is 0.739. The summed E-state index contributed by atoms with van der Waals surface area (Å²) in [5.41, 5.74) is 3.90. The molecule has 0 atom stereocenters. The van der Waals surface area contributed by atoms with Crippen LogP contribution in [0.4, 0.5) is 10.1 Å². The Labute approximate surface area is 147 Å². The Morgan fingerprint density at radius 1 is 1.08 bits per heavy atom. The van der Waals surface area contributed by atoms with E-state index < -0.39 is 0 Å². The van der Waals surface area contributed by atoms with Crippen LogP contribution in [0.15, 0.2) is 48.8 Å². The molecule has 3 nitrogen and oxygen atoms in total. The summed E-state index contributed by atoms with van der Waals surface area (Å²) in [4.78, 5) is 4.29. The van der Waals surface area contributed by atoms with E-state index in [1.807, 2.05) is 30.6 Å². The van der Waals surface area contributed by atoms with E-state index in [4.69, 9.17) is 0 Å². The molecule has 0 aliphatic carbocycles. The summed E-state index contributed by atoms with van der Waals surface area (Å²) < 4.78 is 13.6. The summed E-state index contributed by atoms with van der Waals surface area (Å²) in [7, 11) is 0. The van der Waals surface area contributed by atoms with Crippen LogP contribution in [0.2, 0.25) is 0 Å². The molecule has 0 bridgehead atoms. The molecule has 2 aromatic carbocycles. The van der Waals surface area contributed by atoms with Gasteiger partial charge in [-0.3, -0.25) is 4.98 Å². The molecule has 0 saturated carbocycles. The Kier molecular flexibility index (Phi) is 4.36. The van der Waals surface area contributed by atoms with Crippen LogP contribution in [0.3, 0.4) is 0 Å². The van der Waals surface area contributed by atoms with Gasteiger partial charge in [0.25, 0.3) is 0 Å². The van der Waals surface area contributed by atoms with Gasteiger partial charge in [0.1, 0.15) is 5.82 Å². The van der Waals surface area contributed by atoms with Gasteiger partial charge in [0.15, 0.2) is 0 Å². The summed E-state index contributed by atoms with van der Waals surface area (Å²) in [6, 6.07) is 12.1. The zero-order valence-electron chi connectivity index (χ0n) is 14.3. The maximum atomic E-state index is 13.6. The van der Waals surface area contributed by atoms with Crippen LogP contribution in [0.5, 0.6) is 0 Å². The van der Waals surface area contributed by atoms with E-state index in [9.17, 15) is 4.39 Å². The van der Waals surface area contributed by atoms with E-state index in [-0.39, 0.29) is 5.82 Å². The summed E-state index contributed by atoms with van der Waals surface area (Å²) >= 11 is 0. The molecular formula is C21H22FN3. The van der Waals surface area contributed by atoms with Gasteiger partial charge in [-0.15, -0.1) is 0 Å². The van der Waals surface area contributed by atoms with Gasteiger partial charge >= 0.3 is 0 Å². The first-order chi connectivity index (χ1) is 12.2. The molecule has 1 saturated heterocycles. The highest BCUT2D eigenvalue weighted by molar-refractivity contribution is 5.97. The molecule has 1 aromatic heterocycles. The first kappa shape index (κ1) is 16.0. The van der Waals surface area contributed by atoms with Crippen LogP contribution >= 0.6 is 0 Å². The summed E-state index contributed by atoms with van der Waals surface area (Å²) in [5.74, 6) is -0.165. The number of pyridine rings is 1. The summed E-state index contributed by atoms with van der Waals surface area (Å²) in [5, 5.41) is 9.38. The van der Waals surface area contributed by atoms with Gasteiger partial charge in [0.2, 0.25) is 0 Å². The lowest BCUT2D eigenvalue weighted by Gasteiger charge is -2.25. The van der Waals surface area contributed by atoms with Crippen molar-refractivity contribution in [2.75, 3.05) is 18.4 Å². The van der Waals surface area contributed by atoms with Gasteiger partial charge in [-0.2, -0.15) is 0 Å². The molecule has 128 valence electrons. The lowest BCUT2D eigenvalue weighted by atomic mass is 9.98. The zero-order chi connectivity index (χ0) is 17.2. The third-order valence-electron chi connectivity index (χ3n) is 4.95. The molecule has 1 fully saturated rings. The van der Waals surface area contributed by atoms with Crippen LogP contribution in [0.25, 0.3) is 21.9 Å². The SMILES string of the molecule is Cc1cc(-c2cc(NC3CCNCC3)c3cnccc3c2)ccc1F. The van der Waals surface area contributed by atoms with Crippen molar-refractivity contribution < 1.29 is 4.39 Å². The standard InChI is InChI=1S/C21H22FN3/c1-14-10-15(2-3-20(14)22)17-11-16-4-7-24-13-19(16)21(12-17)25-18-5-8-23-9-6-18/h2-4,7,10-13,18,23,25H,5-6,8-9H2,1H3. The van der Waals surface area contributed by atoms with Gasteiger partial charge < -0.3 is 10.6 Å². The van der Waals surface area contributed by atoms with Crippen molar-refractivity contribution >= 4 is 16.5 Å².